The normalized spacial score (nSPS) is 15.5. The monoisotopic (exact) mass is 264 g/mol. The number of ether oxygens (including phenoxy) is 3. The summed E-state index contributed by atoms with van der Waals surface area (Å²) in [4.78, 5) is 0. The Morgan fingerprint density at radius 2 is 1.11 bits per heavy atom. The van der Waals surface area contributed by atoms with Gasteiger partial charge in [-0.05, 0) is 20.8 Å². The van der Waals surface area contributed by atoms with E-state index in [4.69, 9.17) is 29.5 Å². The molecule has 0 heterocycles. The summed E-state index contributed by atoms with van der Waals surface area (Å²) >= 11 is 0. The molecule has 6 nitrogen and oxygen atoms in total. The molecule has 0 spiro atoms. The zero-order valence-corrected chi connectivity index (χ0v) is 11.4. The Balaban J connectivity index is 4.44. The molecule has 0 bridgehead atoms. The first-order valence-corrected chi connectivity index (χ1v) is 5.96. The zero-order valence-electron chi connectivity index (χ0n) is 11.4. The molecule has 3 N–H and O–H groups in total. The van der Waals surface area contributed by atoms with Gasteiger partial charge in [0.25, 0.3) is 0 Å². The Bertz CT molecular complexity index is 233. The summed E-state index contributed by atoms with van der Waals surface area (Å²) in [5, 5.41) is 27.4. The average molecular weight is 264 g/mol. The van der Waals surface area contributed by atoms with E-state index in [0.29, 0.717) is 5.76 Å². The summed E-state index contributed by atoms with van der Waals surface area (Å²) < 4.78 is 15.7. The molecule has 0 aromatic heterocycles. The van der Waals surface area contributed by atoms with Crippen molar-refractivity contribution in [2.45, 2.75) is 46.0 Å². The number of aliphatic hydroxyl groups is 3. The van der Waals surface area contributed by atoms with Crippen LogP contribution in [-0.4, -0.2) is 53.5 Å². The lowest BCUT2D eigenvalue weighted by Gasteiger charge is -2.17. The molecule has 3 atom stereocenters. The van der Waals surface area contributed by atoms with Gasteiger partial charge in [0.15, 0.2) is 5.76 Å². The molecule has 0 rings (SSSR count). The van der Waals surface area contributed by atoms with E-state index in [1.165, 1.54) is 0 Å². The van der Waals surface area contributed by atoms with Gasteiger partial charge in [0, 0.05) is 6.92 Å². The van der Waals surface area contributed by atoms with Crippen molar-refractivity contribution in [1.82, 2.24) is 0 Å². The number of allylic oxidation sites excluding steroid dienone is 1. The molecule has 0 aliphatic rings. The van der Waals surface area contributed by atoms with Crippen molar-refractivity contribution in [3.8, 4) is 0 Å². The summed E-state index contributed by atoms with van der Waals surface area (Å²) in [6.07, 6.45) is -1.88. The molecule has 3 unspecified atom stereocenters. The van der Waals surface area contributed by atoms with Gasteiger partial charge in [-0.15, -0.1) is 0 Å². The van der Waals surface area contributed by atoms with Crippen LogP contribution in [0, 0.1) is 0 Å². The van der Waals surface area contributed by atoms with Gasteiger partial charge in [-0.3, -0.25) is 0 Å². The van der Waals surface area contributed by atoms with Crippen LogP contribution in [0.4, 0.5) is 0 Å². The van der Waals surface area contributed by atoms with E-state index in [9.17, 15) is 0 Å². The van der Waals surface area contributed by atoms with Crippen LogP contribution in [0.2, 0.25) is 0 Å². The molecule has 0 aliphatic heterocycles. The molecule has 0 amide bonds. The van der Waals surface area contributed by atoms with Gasteiger partial charge in [-0.2, -0.15) is 0 Å². The van der Waals surface area contributed by atoms with Crippen molar-refractivity contribution >= 4 is 0 Å². The predicted molar refractivity (Wildman–Crippen MR) is 65.6 cm³/mol. The average Bonchev–Trinajstić information content (AvgIpc) is 2.25. The largest absolute Gasteiger partial charge is 0.488 e. The van der Waals surface area contributed by atoms with Crippen molar-refractivity contribution in [2.24, 2.45) is 0 Å². The minimum absolute atomic E-state index is 0.0600. The summed E-state index contributed by atoms with van der Waals surface area (Å²) in [5.74, 6) is 0.467. The SMILES string of the molecule is CC(OCC(C)O)=C(OCC(C)O)OCC(C)O. The van der Waals surface area contributed by atoms with Gasteiger partial charge in [-0.25, -0.2) is 0 Å². The molecule has 6 heteroatoms. The standard InChI is InChI=1S/C12H24O6/c1-8(13)5-16-11(4)12(17-6-9(2)14)18-7-10(3)15/h8-10,13-15H,5-7H2,1-4H3. The van der Waals surface area contributed by atoms with Crippen LogP contribution in [0.5, 0.6) is 0 Å². The second kappa shape index (κ2) is 9.02. The number of aliphatic hydroxyl groups excluding tert-OH is 3. The number of hydrogen-bond acceptors (Lipinski definition) is 6. The molecule has 0 aromatic rings. The molecular formula is C12H24O6. The summed E-state index contributed by atoms with van der Waals surface area (Å²) in [5.41, 5.74) is 0. The maximum Gasteiger partial charge on any atom is 0.318 e. The Morgan fingerprint density at radius 3 is 1.44 bits per heavy atom. The van der Waals surface area contributed by atoms with Crippen LogP contribution in [0.15, 0.2) is 11.7 Å². The van der Waals surface area contributed by atoms with Gasteiger partial charge in [0.2, 0.25) is 0 Å². The number of hydrogen-bond donors (Lipinski definition) is 3. The van der Waals surface area contributed by atoms with Crippen LogP contribution in [0.25, 0.3) is 0 Å². The molecular weight excluding hydrogens is 240 g/mol. The second-order valence-corrected chi connectivity index (χ2v) is 4.32. The Morgan fingerprint density at radius 1 is 0.778 bits per heavy atom. The van der Waals surface area contributed by atoms with Gasteiger partial charge in [-0.1, -0.05) is 0 Å². The van der Waals surface area contributed by atoms with Crippen molar-refractivity contribution in [3.05, 3.63) is 11.7 Å². The first kappa shape index (κ1) is 17.0. The highest BCUT2D eigenvalue weighted by molar-refractivity contribution is 4.91. The highest BCUT2D eigenvalue weighted by atomic mass is 16.7. The molecule has 0 fully saturated rings. The van der Waals surface area contributed by atoms with E-state index in [1.807, 2.05) is 0 Å². The molecule has 0 saturated heterocycles. The van der Waals surface area contributed by atoms with E-state index in [1.54, 1.807) is 27.7 Å². The molecule has 0 radical (unpaired) electrons. The van der Waals surface area contributed by atoms with Crippen LogP contribution < -0.4 is 0 Å². The molecule has 18 heavy (non-hydrogen) atoms. The molecule has 0 aliphatic carbocycles. The first-order valence-electron chi connectivity index (χ1n) is 5.96. The van der Waals surface area contributed by atoms with E-state index < -0.39 is 18.3 Å². The van der Waals surface area contributed by atoms with Crippen LogP contribution in [0.1, 0.15) is 27.7 Å². The highest BCUT2D eigenvalue weighted by Crippen LogP contribution is 2.11. The third-order valence-electron chi connectivity index (χ3n) is 1.74. The van der Waals surface area contributed by atoms with Gasteiger partial charge in [0.05, 0.1) is 18.3 Å². The maximum atomic E-state index is 9.15. The summed E-state index contributed by atoms with van der Waals surface area (Å²) in [7, 11) is 0. The zero-order chi connectivity index (χ0) is 14.1. The van der Waals surface area contributed by atoms with E-state index >= 15 is 0 Å². The second-order valence-electron chi connectivity index (χ2n) is 4.32. The Labute approximate surface area is 108 Å². The van der Waals surface area contributed by atoms with Crippen LogP contribution >= 0.6 is 0 Å². The Kier molecular flexibility index (Phi) is 8.53. The quantitative estimate of drug-likeness (QED) is 0.521. The first-order chi connectivity index (χ1) is 8.32. The fourth-order valence-corrected chi connectivity index (χ4v) is 0.942. The predicted octanol–water partition coefficient (Wildman–Crippen LogP) is 0.368. The topological polar surface area (TPSA) is 88.4 Å². The van der Waals surface area contributed by atoms with Gasteiger partial charge in [0.1, 0.15) is 19.8 Å². The number of rotatable bonds is 9. The van der Waals surface area contributed by atoms with Crippen LogP contribution in [0.3, 0.4) is 0 Å². The fraction of sp³-hybridized carbons (Fsp3) is 0.833. The smallest absolute Gasteiger partial charge is 0.318 e. The minimum Gasteiger partial charge on any atom is -0.488 e. The van der Waals surface area contributed by atoms with E-state index in [0.717, 1.165) is 0 Å². The Hall–Kier alpha value is -0.980. The van der Waals surface area contributed by atoms with Crippen LogP contribution in [-0.2, 0) is 14.2 Å². The van der Waals surface area contributed by atoms with E-state index in [2.05, 4.69) is 0 Å². The molecule has 0 aromatic carbocycles. The lowest BCUT2D eigenvalue weighted by atomic mass is 10.4. The fourth-order valence-electron chi connectivity index (χ4n) is 0.942. The summed E-state index contributed by atoms with van der Waals surface area (Å²) in [6.45, 7) is 6.62. The van der Waals surface area contributed by atoms with Gasteiger partial charge < -0.3 is 29.5 Å². The molecule has 108 valence electrons. The van der Waals surface area contributed by atoms with Crippen molar-refractivity contribution in [3.63, 3.8) is 0 Å². The van der Waals surface area contributed by atoms with Crippen molar-refractivity contribution < 1.29 is 29.5 Å². The van der Waals surface area contributed by atoms with Crippen molar-refractivity contribution in [1.29, 1.82) is 0 Å². The maximum absolute atomic E-state index is 9.15. The molecule has 0 saturated carbocycles. The van der Waals surface area contributed by atoms with Gasteiger partial charge >= 0.3 is 5.95 Å². The third-order valence-corrected chi connectivity index (χ3v) is 1.74. The third kappa shape index (κ3) is 9.09. The highest BCUT2D eigenvalue weighted by Gasteiger charge is 2.11. The minimum atomic E-state index is -0.639. The lowest BCUT2D eigenvalue weighted by Crippen LogP contribution is -2.18. The summed E-state index contributed by atoms with van der Waals surface area (Å²) in [6, 6.07) is 0. The lowest BCUT2D eigenvalue weighted by molar-refractivity contribution is -0.0398. The van der Waals surface area contributed by atoms with Crippen molar-refractivity contribution in [2.75, 3.05) is 19.8 Å². The van der Waals surface area contributed by atoms with E-state index in [-0.39, 0.29) is 25.8 Å².